The highest BCUT2D eigenvalue weighted by atomic mass is 15.1. The van der Waals surface area contributed by atoms with E-state index in [1.54, 1.807) is 0 Å². The van der Waals surface area contributed by atoms with E-state index in [2.05, 4.69) is 11.4 Å². The Morgan fingerprint density at radius 3 is 2.38 bits per heavy atom. The van der Waals surface area contributed by atoms with Crippen LogP contribution >= 0.6 is 0 Å². The topological polar surface area (TPSA) is 35.8 Å². The first-order valence-corrected chi connectivity index (χ1v) is 2.81. The minimum absolute atomic E-state index is 0.0781. The van der Waals surface area contributed by atoms with Gasteiger partial charge in [-0.2, -0.15) is 5.26 Å². The third-order valence-corrected chi connectivity index (χ3v) is 1.79. The van der Waals surface area contributed by atoms with Gasteiger partial charge in [0.15, 0.2) is 0 Å². The van der Waals surface area contributed by atoms with Gasteiger partial charge in [0.1, 0.15) is 0 Å². The summed E-state index contributed by atoms with van der Waals surface area (Å²) in [7, 11) is 0. The van der Waals surface area contributed by atoms with Crippen molar-refractivity contribution in [1.82, 2.24) is 5.32 Å². The van der Waals surface area contributed by atoms with Gasteiger partial charge >= 0.3 is 0 Å². The summed E-state index contributed by atoms with van der Waals surface area (Å²) in [4.78, 5) is 0. The van der Waals surface area contributed by atoms with Crippen molar-refractivity contribution in [2.45, 2.75) is 19.4 Å². The molecule has 0 aromatic carbocycles. The highest BCUT2D eigenvalue weighted by Crippen LogP contribution is 2.23. The van der Waals surface area contributed by atoms with Crippen molar-refractivity contribution < 1.29 is 0 Å². The van der Waals surface area contributed by atoms with E-state index in [-0.39, 0.29) is 11.5 Å². The summed E-state index contributed by atoms with van der Waals surface area (Å²) in [5.74, 6) is 0.225. The summed E-state index contributed by atoms with van der Waals surface area (Å²) < 4.78 is 0. The van der Waals surface area contributed by atoms with E-state index in [1.165, 1.54) is 0 Å². The largest absolute Gasteiger partial charge is 0.309 e. The van der Waals surface area contributed by atoms with Crippen molar-refractivity contribution in [3.63, 3.8) is 0 Å². The highest BCUT2D eigenvalue weighted by molar-refractivity contribution is 5.07. The molecule has 0 amide bonds. The molecule has 0 aliphatic carbocycles. The van der Waals surface area contributed by atoms with Gasteiger partial charge in [-0.05, 0) is 13.8 Å². The molecule has 1 aliphatic heterocycles. The SMILES string of the molecule is CC1(C)NCC1C#N. The molecular weight excluding hydrogens is 100 g/mol. The lowest BCUT2D eigenvalue weighted by Gasteiger charge is -2.41. The first-order valence-electron chi connectivity index (χ1n) is 2.81. The van der Waals surface area contributed by atoms with Crippen molar-refractivity contribution in [2.24, 2.45) is 5.92 Å². The van der Waals surface area contributed by atoms with Gasteiger partial charge in [0.05, 0.1) is 12.0 Å². The highest BCUT2D eigenvalue weighted by Gasteiger charge is 2.37. The summed E-state index contributed by atoms with van der Waals surface area (Å²) in [5, 5.41) is 11.6. The molecule has 0 radical (unpaired) electrons. The number of nitrogens with zero attached hydrogens (tertiary/aromatic N) is 1. The fourth-order valence-electron chi connectivity index (χ4n) is 0.819. The van der Waals surface area contributed by atoms with Gasteiger partial charge in [-0.15, -0.1) is 0 Å². The van der Waals surface area contributed by atoms with E-state index in [4.69, 9.17) is 5.26 Å². The third-order valence-electron chi connectivity index (χ3n) is 1.79. The predicted octanol–water partition coefficient (Wildman–Crippen LogP) is 0.508. The van der Waals surface area contributed by atoms with Gasteiger partial charge in [-0.25, -0.2) is 0 Å². The lowest BCUT2D eigenvalue weighted by atomic mass is 9.81. The van der Waals surface area contributed by atoms with Crippen LogP contribution in [-0.2, 0) is 0 Å². The quantitative estimate of drug-likeness (QED) is 0.493. The number of hydrogen-bond acceptors (Lipinski definition) is 2. The van der Waals surface area contributed by atoms with Crippen molar-refractivity contribution in [3.05, 3.63) is 0 Å². The van der Waals surface area contributed by atoms with Crippen molar-refractivity contribution in [1.29, 1.82) is 5.26 Å². The van der Waals surface area contributed by atoms with Gasteiger partial charge in [0, 0.05) is 12.1 Å². The zero-order valence-corrected chi connectivity index (χ0v) is 5.23. The molecule has 1 saturated heterocycles. The Kier molecular flexibility index (Phi) is 1.02. The van der Waals surface area contributed by atoms with Gasteiger partial charge < -0.3 is 5.32 Å². The molecule has 1 rings (SSSR count). The zero-order chi connectivity index (χ0) is 6.20. The number of rotatable bonds is 0. The van der Waals surface area contributed by atoms with Crippen LogP contribution in [0.4, 0.5) is 0 Å². The molecule has 1 heterocycles. The Labute approximate surface area is 49.5 Å². The maximum atomic E-state index is 8.43. The summed E-state index contributed by atoms with van der Waals surface area (Å²) in [6, 6.07) is 2.23. The minimum Gasteiger partial charge on any atom is -0.309 e. The Morgan fingerprint density at radius 2 is 2.38 bits per heavy atom. The van der Waals surface area contributed by atoms with Gasteiger partial charge in [0.25, 0.3) is 0 Å². The first kappa shape index (κ1) is 5.58. The van der Waals surface area contributed by atoms with Crippen LogP contribution in [0.15, 0.2) is 0 Å². The predicted molar refractivity (Wildman–Crippen MR) is 31.2 cm³/mol. The lowest BCUT2D eigenvalue weighted by molar-refractivity contribution is 0.190. The van der Waals surface area contributed by atoms with Gasteiger partial charge in [0.2, 0.25) is 0 Å². The second-order valence-electron chi connectivity index (χ2n) is 2.78. The minimum atomic E-state index is 0.0781. The van der Waals surface area contributed by atoms with Gasteiger partial charge in [-0.1, -0.05) is 0 Å². The Morgan fingerprint density at radius 1 is 1.75 bits per heavy atom. The van der Waals surface area contributed by atoms with E-state index in [1.807, 2.05) is 13.8 Å². The fraction of sp³-hybridized carbons (Fsp3) is 0.833. The van der Waals surface area contributed by atoms with E-state index < -0.39 is 0 Å². The van der Waals surface area contributed by atoms with Crippen LogP contribution in [0.5, 0.6) is 0 Å². The van der Waals surface area contributed by atoms with Crippen molar-refractivity contribution in [2.75, 3.05) is 6.54 Å². The summed E-state index contributed by atoms with van der Waals surface area (Å²) in [5.41, 5.74) is 0.0781. The molecule has 2 nitrogen and oxygen atoms in total. The van der Waals surface area contributed by atoms with Crippen LogP contribution in [0.3, 0.4) is 0 Å². The van der Waals surface area contributed by atoms with E-state index >= 15 is 0 Å². The Hall–Kier alpha value is -0.550. The molecule has 0 bridgehead atoms. The fourth-order valence-corrected chi connectivity index (χ4v) is 0.819. The van der Waals surface area contributed by atoms with Crippen molar-refractivity contribution >= 4 is 0 Å². The van der Waals surface area contributed by atoms with Crippen LogP contribution in [-0.4, -0.2) is 12.1 Å². The molecule has 2 heteroatoms. The summed E-state index contributed by atoms with van der Waals surface area (Å²) in [6.45, 7) is 4.96. The molecule has 44 valence electrons. The molecule has 1 aliphatic rings. The molecule has 0 spiro atoms. The maximum absolute atomic E-state index is 8.43. The smallest absolute Gasteiger partial charge is 0.0764 e. The average Bonchev–Trinajstić information content (AvgIpc) is 1.66. The standard InChI is InChI=1S/C6H10N2/c1-6(2)5(3-7)4-8-6/h5,8H,4H2,1-2H3. The van der Waals surface area contributed by atoms with Crippen LogP contribution in [0.2, 0.25) is 0 Å². The third kappa shape index (κ3) is 0.597. The van der Waals surface area contributed by atoms with Crippen LogP contribution in [0.25, 0.3) is 0 Å². The maximum Gasteiger partial charge on any atom is 0.0764 e. The molecule has 1 atom stereocenters. The van der Waals surface area contributed by atoms with Crippen molar-refractivity contribution in [3.8, 4) is 6.07 Å². The van der Waals surface area contributed by atoms with E-state index in [9.17, 15) is 0 Å². The molecule has 8 heavy (non-hydrogen) atoms. The van der Waals surface area contributed by atoms with E-state index in [0.29, 0.717) is 0 Å². The van der Waals surface area contributed by atoms with Gasteiger partial charge in [-0.3, -0.25) is 0 Å². The molecular formula is C6H10N2. The molecule has 1 fully saturated rings. The van der Waals surface area contributed by atoms with Crippen LogP contribution in [0, 0.1) is 17.2 Å². The lowest BCUT2D eigenvalue weighted by Crippen LogP contribution is -2.60. The molecule has 0 aromatic rings. The Balaban J connectivity index is 2.53. The summed E-state index contributed by atoms with van der Waals surface area (Å²) >= 11 is 0. The number of nitriles is 1. The Bertz CT molecular complexity index is 132. The molecule has 0 saturated carbocycles. The second-order valence-corrected chi connectivity index (χ2v) is 2.78. The normalized spacial score (nSPS) is 32.9. The number of nitrogens with one attached hydrogen (secondary N) is 1. The first-order chi connectivity index (χ1) is 3.67. The second kappa shape index (κ2) is 1.46. The average molecular weight is 110 g/mol. The van der Waals surface area contributed by atoms with E-state index in [0.717, 1.165) is 6.54 Å². The molecule has 1 N–H and O–H groups in total. The van der Waals surface area contributed by atoms with Crippen LogP contribution in [0.1, 0.15) is 13.8 Å². The summed E-state index contributed by atoms with van der Waals surface area (Å²) in [6.07, 6.45) is 0. The number of hydrogen-bond donors (Lipinski definition) is 1. The zero-order valence-electron chi connectivity index (χ0n) is 5.23. The molecule has 1 unspecified atom stereocenters. The molecule has 0 aromatic heterocycles. The van der Waals surface area contributed by atoms with Crippen LogP contribution < -0.4 is 5.32 Å². The monoisotopic (exact) mass is 110 g/mol.